The van der Waals surface area contributed by atoms with Crippen molar-refractivity contribution in [2.45, 2.75) is 83.3 Å². The lowest BCUT2D eigenvalue weighted by atomic mass is 9.42. The first-order valence-corrected chi connectivity index (χ1v) is 11.9. The van der Waals surface area contributed by atoms with Crippen LogP contribution >= 0.6 is 0 Å². The fourth-order valence-electron chi connectivity index (χ4n) is 8.04. The molecule has 0 saturated heterocycles. The largest absolute Gasteiger partial charge is 0.393 e. The second-order valence-corrected chi connectivity index (χ2v) is 11.3. The van der Waals surface area contributed by atoms with E-state index in [-0.39, 0.29) is 23.2 Å². The zero-order chi connectivity index (χ0) is 21.3. The van der Waals surface area contributed by atoms with Crippen LogP contribution in [0.15, 0.2) is 42.0 Å². The number of hydrogen-bond acceptors (Lipinski definition) is 3. The highest BCUT2D eigenvalue weighted by molar-refractivity contribution is 5.94. The fourth-order valence-corrected chi connectivity index (χ4v) is 8.04. The average molecular weight is 409 g/mol. The number of fused-ring (bicyclic) bond motifs is 5. The van der Waals surface area contributed by atoms with Crippen LogP contribution in [0.4, 0.5) is 0 Å². The van der Waals surface area contributed by atoms with Crippen LogP contribution in [0, 0.1) is 28.6 Å². The van der Waals surface area contributed by atoms with Crippen LogP contribution in [0.1, 0.15) is 77.2 Å². The van der Waals surface area contributed by atoms with Gasteiger partial charge < -0.3 is 10.2 Å². The number of carbonyl (C=O) groups excluding carboxylic acids is 1. The molecule has 3 nitrogen and oxygen atoms in total. The highest BCUT2D eigenvalue weighted by Crippen LogP contribution is 2.65. The van der Waals surface area contributed by atoms with Gasteiger partial charge in [0.05, 0.1) is 6.10 Å². The van der Waals surface area contributed by atoms with Gasteiger partial charge in [0.2, 0.25) is 0 Å². The van der Waals surface area contributed by atoms with Gasteiger partial charge in [0, 0.05) is 11.3 Å². The van der Waals surface area contributed by atoms with Gasteiger partial charge in [-0.3, -0.25) is 4.79 Å². The second-order valence-electron chi connectivity index (χ2n) is 11.3. The Morgan fingerprint density at radius 2 is 1.67 bits per heavy atom. The van der Waals surface area contributed by atoms with Gasteiger partial charge in [0.15, 0.2) is 5.78 Å². The Balaban J connectivity index is 1.54. The van der Waals surface area contributed by atoms with Gasteiger partial charge >= 0.3 is 0 Å². The predicted octanol–water partition coefficient (Wildman–Crippen LogP) is 5.02. The highest BCUT2D eigenvalue weighted by atomic mass is 16.3. The molecule has 3 fully saturated rings. The first-order chi connectivity index (χ1) is 14.2. The van der Waals surface area contributed by atoms with E-state index in [2.05, 4.69) is 32.1 Å². The van der Waals surface area contributed by atoms with E-state index in [0.29, 0.717) is 17.8 Å². The topological polar surface area (TPSA) is 57.5 Å². The molecule has 1 aromatic rings. The molecule has 0 bridgehead atoms. The van der Waals surface area contributed by atoms with Gasteiger partial charge in [-0.25, -0.2) is 0 Å². The van der Waals surface area contributed by atoms with Crippen molar-refractivity contribution in [1.82, 2.24) is 0 Å². The summed E-state index contributed by atoms with van der Waals surface area (Å²) < 4.78 is 0. The molecular formula is C27H36O3. The SMILES string of the molecule is C[C@]1(O)C(=O)[C@@]2(C)CC[C@H]3[C@@H](CC=C4C[C@@H](O)CC[C@@]43C)[C@@H]2C[C@@H]1c1ccccc1. The van der Waals surface area contributed by atoms with Crippen LogP contribution in [-0.2, 0) is 4.79 Å². The van der Waals surface area contributed by atoms with Gasteiger partial charge in [-0.05, 0) is 80.6 Å². The molecule has 0 aliphatic heterocycles. The molecule has 2 N–H and O–H groups in total. The van der Waals surface area contributed by atoms with Crippen molar-refractivity contribution in [3.63, 3.8) is 0 Å². The Hall–Kier alpha value is -1.45. The van der Waals surface area contributed by atoms with Gasteiger partial charge in [-0.15, -0.1) is 0 Å². The quantitative estimate of drug-likeness (QED) is 0.641. The van der Waals surface area contributed by atoms with Gasteiger partial charge in [0.25, 0.3) is 0 Å². The van der Waals surface area contributed by atoms with E-state index < -0.39 is 11.0 Å². The molecule has 0 amide bonds. The summed E-state index contributed by atoms with van der Waals surface area (Å²) in [4.78, 5) is 13.8. The molecule has 0 unspecified atom stereocenters. The van der Waals surface area contributed by atoms with Crippen LogP contribution in [-0.4, -0.2) is 27.7 Å². The molecule has 0 heterocycles. The maximum Gasteiger partial charge on any atom is 0.170 e. The van der Waals surface area contributed by atoms with E-state index in [1.165, 1.54) is 5.57 Å². The standard InChI is InChI=1S/C27H36O3/c1-25-13-11-19(28)15-18(25)9-10-20-21(25)12-14-26(2)23(20)16-22(27(3,30)24(26)29)17-7-5-4-6-8-17/h4-9,19-23,28,30H,10-16H2,1-3H3/t19-,20+,21-,22+,23-,25-,26-,27+/m0/s1. The molecule has 3 heteroatoms. The molecule has 0 spiro atoms. The van der Waals surface area contributed by atoms with Crippen molar-refractivity contribution >= 4 is 5.78 Å². The third-order valence-electron chi connectivity index (χ3n) is 9.82. The first-order valence-electron chi connectivity index (χ1n) is 11.9. The van der Waals surface area contributed by atoms with Gasteiger partial charge in [-0.2, -0.15) is 0 Å². The lowest BCUT2D eigenvalue weighted by molar-refractivity contribution is -0.172. The summed E-state index contributed by atoms with van der Waals surface area (Å²) in [5.41, 5.74) is 0.952. The molecule has 3 saturated carbocycles. The Kier molecular flexibility index (Phi) is 4.62. The lowest BCUT2D eigenvalue weighted by Gasteiger charge is -2.61. The summed E-state index contributed by atoms with van der Waals surface area (Å²) in [5, 5.41) is 21.7. The molecule has 0 aromatic heterocycles. The van der Waals surface area contributed by atoms with Crippen molar-refractivity contribution in [1.29, 1.82) is 0 Å². The molecule has 162 valence electrons. The van der Waals surface area contributed by atoms with Crippen LogP contribution in [0.25, 0.3) is 0 Å². The number of allylic oxidation sites excluding steroid dienone is 1. The molecule has 0 radical (unpaired) electrons. The van der Waals surface area contributed by atoms with E-state index in [1.807, 2.05) is 18.2 Å². The van der Waals surface area contributed by atoms with Crippen LogP contribution in [0.5, 0.6) is 0 Å². The zero-order valence-electron chi connectivity index (χ0n) is 18.6. The number of ketones is 1. The number of aliphatic hydroxyl groups excluding tert-OH is 1. The first kappa shape index (κ1) is 20.5. The third-order valence-corrected chi connectivity index (χ3v) is 9.82. The summed E-state index contributed by atoms with van der Waals surface area (Å²) in [6.45, 7) is 6.31. The molecule has 8 atom stereocenters. The van der Waals surface area contributed by atoms with Gasteiger partial charge in [-0.1, -0.05) is 55.8 Å². The van der Waals surface area contributed by atoms with Crippen molar-refractivity contribution in [2.24, 2.45) is 28.6 Å². The predicted molar refractivity (Wildman–Crippen MR) is 118 cm³/mol. The van der Waals surface area contributed by atoms with E-state index in [0.717, 1.165) is 50.5 Å². The highest BCUT2D eigenvalue weighted by Gasteiger charge is 2.63. The second kappa shape index (κ2) is 6.77. The average Bonchev–Trinajstić information content (AvgIpc) is 2.72. The summed E-state index contributed by atoms with van der Waals surface area (Å²) in [6, 6.07) is 10.2. The molecule has 5 rings (SSSR count). The number of rotatable bonds is 1. The summed E-state index contributed by atoms with van der Waals surface area (Å²) in [6.07, 6.45) is 8.80. The van der Waals surface area contributed by atoms with E-state index in [4.69, 9.17) is 0 Å². The number of carbonyl (C=O) groups is 1. The van der Waals surface area contributed by atoms with Crippen LogP contribution in [0.2, 0.25) is 0 Å². The molecular weight excluding hydrogens is 372 g/mol. The Morgan fingerprint density at radius 3 is 2.40 bits per heavy atom. The Bertz CT molecular complexity index is 871. The van der Waals surface area contributed by atoms with E-state index >= 15 is 0 Å². The lowest BCUT2D eigenvalue weighted by Crippen LogP contribution is -2.62. The summed E-state index contributed by atoms with van der Waals surface area (Å²) in [5.74, 6) is 1.27. The minimum absolute atomic E-state index is 0.0533. The zero-order valence-corrected chi connectivity index (χ0v) is 18.6. The Labute approximate surface area is 180 Å². The van der Waals surface area contributed by atoms with Crippen molar-refractivity contribution in [3.05, 3.63) is 47.5 Å². The summed E-state index contributed by atoms with van der Waals surface area (Å²) >= 11 is 0. The van der Waals surface area contributed by atoms with Crippen LogP contribution < -0.4 is 0 Å². The molecule has 4 aliphatic rings. The molecule has 1 aromatic carbocycles. The van der Waals surface area contributed by atoms with Crippen LogP contribution in [0.3, 0.4) is 0 Å². The van der Waals surface area contributed by atoms with E-state index in [1.54, 1.807) is 6.92 Å². The Morgan fingerprint density at radius 1 is 0.967 bits per heavy atom. The molecule has 30 heavy (non-hydrogen) atoms. The minimum Gasteiger partial charge on any atom is -0.393 e. The monoisotopic (exact) mass is 408 g/mol. The number of hydrogen-bond donors (Lipinski definition) is 2. The smallest absolute Gasteiger partial charge is 0.170 e. The normalized spacial score (nSPS) is 48.2. The number of aliphatic hydroxyl groups is 2. The maximum absolute atomic E-state index is 13.8. The minimum atomic E-state index is -1.31. The number of Topliss-reactive ketones (excluding diaryl/α,β-unsaturated/α-hetero) is 1. The summed E-state index contributed by atoms with van der Waals surface area (Å²) in [7, 11) is 0. The van der Waals surface area contributed by atoms with Gasteiger partial charge in [0.1, 0.15) is 5.60 Å². The van der Waals surface area contributed by atoms with Crippen molar-refractivity contribution in [2.75, 3.05) is 0 Å². The van der Waals surface area contributed by atoms with E-state index in [9.17, 15) is 15.0 Å². The number of benzene rings is 1. The maximum atomic E-state index is 13.8. The third kappa shape index (κ3) is 2.74. The van der Waals surface area contributed by atoms with Crippen molar-refractivity contribution < 1.29 is 15.0 Å². The van der Waals surface area contributed by atoms with Crippen molar-refractivity contribution in [3.8, 4) is 0 Å². The molecule has 4 aliphatic carbocycles. The fraction of sp³-hybridized carbons (Fsp3) is 0.667.